The highest BCUT2D eigenvalue weighted by atomic mass is 35.5. The number of pyridine rings is 1. The van der Waals surface area contributed by atoms with Crippen LogP contribution in [0, 0.1) is 16.7 Å². The number of hydrogen-bond donors (Lipinski definition) is 0. The molecule has 0 spiro atoms. The van der Waals surface area contributed by atoms with E-state index in [1.54, 1.807) is 12.4 Å². The minimum Gasteiger partial charge on any atom is -0.410 e. The molecule has 1 aromatic heterocycles. The van der Waals surface area contributed by atoms with Crippen LogP contribution in [0.15, 0.2) is 12.4 Å². The Morgan fingerprint density at radius 1 is 1.00 bits per heavy atom. The first-order chi connectivity index (χ1) is 12.6. The fourth-order valence-electron chi connectivity index (χ4n) is 4.86. The van der Waals surface area contributed by atoms with Gasteiger partial charge in [-0.1, -0.05) is 78.1 Å². The summed E-state index contributed by atoms with van der Waals surface area (Å²) in [5, 5.41) is 1.26. The summed E-state index contributed by atoms with van der Waals surface area (Å²) < 4.78 is 6.88. The van der Waals surface area contributed by atoms with Gasteiger partial charge in [0.05, 0.1) is 16.1 Å². The molecular weight excluding hydrogens is 393 g/mol. The van der Waals surface area contributed by atoms with Crippen molar-refractivity contribution in [2.45, 2.75) is 92.0 Å². The maximum absolute atomic E-state index is 6.88. The van der Waals surface area contributed by atoms with Gasteiger partial charge >= 0.3 is 0 Å². The summed E-state index contributed by atoms with van der Waals surface area (Å²) in [5.74, 6) is 0.777. The molecule has 1 aliphatic rings. The zero-order chi connectivity index (χ0) is 20.5. The van der Waals surface area contributed by atoms with Crippen LogP contribution >= 0.6 is 23.2 Å². The molecule has 5 heteroatoms. The average molecular weight is 431 g/mol. The van der Waals surface area contributed by atoms with E-state index in [9.17, 15) is 0 Å². The third-order valence-corrected chi connectivity index (χ3v) is 13.1. The minimum atomic E-state index is -1.77. The van der Waals surface area contributed by atoms with Crippen LogP contribution < -0.4 is 0 Å². The molecule has 154 valence electrons. The van der Waals surface area contributed by atoms with E-state index in [0.717, 1.165) is 42.5 Å². The van der Waals surface area contributed by atoms with Gasteiger partial charge in [0.25, 0.3) is 0 Å². The van der Waals surface area contributed by atoms with Gasteiger partial charge in [0, 0.05) is 18.0 Å². The molecule has 0 saturated heterocycles. The third kappa shape index (κ3) is 4.57. The van der Waals surface area contributed by atoms with E-state index in [-0.39, 0.29) is 6.10 Å². The smallest absolute Gasteiger partial charge is 0.192 e. The van der Waals surface area contributed by atoms with Crippen molar-refractivity contribution < 1.29 is 4.43 Å². The Bertz CT molecular complexity index is 601. The molecule has 2 rings (SSSR count). The second kappa shape index (κ2) is 8.73. The molecule has 1 saturated carbocycles. The van der Waals surface area contributed by atoms with E-state index >= 15 is 0 Å². The van der Waals surface area contributed by atoms with Crippen LogP contribution in [-0.4, -0.2) is 13.3 Å². The minimum absolute atomic E-state index is 0.0236. The number of aromatic nitrogens is 1. The monoisotopic (exact) mass is 429 g/mol. The molecule has 0 bridgehead atoms. The largest absolute Gasteiger partial charge is 0.410 e. The number of nitrogens with zero attached hydrogens (tertiary/aromatic N) is 1. The Balaban J connectivity index is 2.18. The molecule has 0 radical (unpaired) electrons. The molecule has 1 atom stereocenters. The van der Waals surface area contributed by atoms with Crippen molar-refractivity contribution in [3.63, 3.8) is 0 Å². The third-order valence-electron chi connectivity index (χ3n) is 7.82. The van der Waals surface area contributed by atoms with Gasteiger partial charge in [0.2, 0.25) is 0 Å². The lowest BCUT2D eigenvalue weighted by atomic mass is 10.0. The molecule has 0 amide bonds. The first-order valence-electron chi connectivity index (χ1n) is 10.5. The van der Waals surface area contributed by atoms with E-state index in [4.69, 9.17) is 27.6 Å². The Morgan fingerprint density at radius 2 is 1.48 bits per heavy atom. The molecule has 2 nitrogen and oxygen atoms in total. The van der Waals surface area contributed by atoms with E-state index in [0.29, 0.717) is 20.9 Å². The number of halogens is 2. The Labute approximate surface area is 177 Å². The Kier molecular flexibility index (Phi) is 7.50. The molecule has 1 fully saturated rings. The lowest BCUT2D eigenvalue weighted by Crippen LogP contribution is -2.37. The maximum atomic E-state index is 6.88. The van der Waals surface area contributed by atoms with Crippen molar-refractivity contribution in [3.8, 4) is 0 Å². The second-order valence-corrected chi connectivity index (χ2v) is 14.8. The molecule has 1 aliphatic carbocycles. The summed E-state index contributed by atoms with van der Waals surface area (Å²) in [4.78, 5) is 4.13. The predicted molar refractivity (Wildman–Crippen MR) is 120 cm³/mol. The Hall–Kier alpha value is -0.0931. The van der Waals surface area contributed by atoms with E-state index in [2.05, 4.69) is 53.5 Å². The lowest BCUT2D eigenvalue weighted by molar-refractivity contribution is 0.174. The highest BCUT2D eigenvalue weighted by Crippen LogP contribution is 2.70. The maximum Gasteiger partial charge on any atom is 0.192 e. The molecular formula is C22H37Cl2NOSi. The summed E-state index contributed by atoms with van der Waals surface area (Å²) >= 11 is 13.0. The standard InChI is InChI=1S/C22H37Cl2NOSi/c1-8-27(9-2,10-3)26-18(20-16(23)14-25-15-17(20)24)12-11-13-19-21(4,5)22(19,6)7/h14-15,18-19H,8-13H2,1-7H3. The van der Waals surface area contributed by atoms with Crippen LogP contribution in [0.25, 0.3) is 0 Å². The molecule has 27 heavy (non-hydrogen) atoms. The van der Waals surface area contributed by atoms with Gasteiger partial charge in [-0.2, -0.15) is 0 Å². The van der Waals surface area contributed by atoms with Crippen molar-refractivity contribution in [2.75, 3.05) is 0 Å². The van der Waals surface area contributed by atoms with Crippen LogP contribution in [0.3, 0.4) is 0 Å². The summed E-state index contributed by atoms with van der Waals surface area (Å²) in [6, 6.07) is 3.37. The van der Waals surface area contributed by atoms with Crippen molar-refractivity contribution in [2.24, 2.45) is 16.7 Å². The van der Waals surface area contributed by atoms with Gasteiger partial charge in [0.15, 0.2) is 8.32 Å². The summed E-state index contributed by atoms with van der Waals surface area (Å²) in [5.41, 5.74) is 1.81. The molecule has 0 N–H and O–H groups in total. The SMILES string of the molecule is CC[Si](CC)(CC)OC(CCCC1C(C)(C)C1(C)C)c1c(Cl)cncc1Cl. The molecule has 1 heterocycles. The quantitative estimate of drug-likeness (QED) is 0.348. The average Bonchev–Trinajstić information content (AvgIpc) is 3.01. The molecule has 1 unspecified atom stereocenters. The normalized spacial score (nSPS) is 19.9. The van der Waals surface area contributed by atoms with Gasteiger partial charge in [-0.25, -0.2) is 0 Å². The van der Waals surface area contributed by atoms with Gasteiger partial charge in [-0.3, -0.25) is 4.98 Å². The highest BCUT2D eigenvalue weighted by Gasteiger charge is 2.63. The van der Waals surface area contributed by atoms with Crippen molar-refractivity contribution >= 4 is 31.5 Å². The van der Waals surface area contributed by atoms with Crippen molar-refractivity contribution in [1.82, 2.24) is 4.98 Å². The zero-order valence-corrected chi connectivity index (χ0v) is 20.7. The molecule has 0 aliphatic heterocycles. The van der Waals surface area contributed by atoms with Crippen LogP contribution in [0.2, 0.25) is 28.2 Å². The van der Waals surface area contributed by atoms with E-state index < -0.39 is 8.32 Å². The summed E-state index contributed by atoms with van der Waals surface area (Å²) in [7, 11) is -1.77. The molecule has 1 aromatic rings. The van der Waals surface area contributed by atoms with Gasteiger partial charge in [0.1, 0.15) is 0 Å². The number of rotatable bonds is 10. The second-order valence-electron chi connectivity index (χ2n) is 9.29. The van der Waals surface area contributed by atoms with Gasteiger partial charge in [-0.15, -0.1) is 0 Å². The summed E-state index contributed by atoms with van der Waals surface area (Å²) in [6.07, 6.45) is 6.71. The summed E-state index contributed by atoms with van der Waals surface area (Å²) in [6.45, 7) is 16.4. The van der Waals surface area contributed by atoms with E-state index in [1.165, 1.54) is 6.42 Å². The van der Waals surface area contributed by atoms with Gasteiger partial charge < -0.3 is 4.43 Å². The van der Waals surface area contributed by atoms with Crippen LogP contribution in [0.4, 0.5) is 0 Å². The van der Waals surface area contributed by atoms with Crippen molar-refractivity contribution in [1.29, 1.82) is 0 Å². The fourth-order valence-corrected chi connectivity index (χ4v) is 8.30. The number of hydrogen-bond acceptors (Lipinski definition) is 2. The first kappa shape index (κ1) is 23.2. The van der Waals surface area contributed by atoms with Crippen LogP contribution in [0.5, 0.6) is 0 Å². The lowest BCUT2D eigenvalue weighted by Gasteiger charge is -2.34. The van der Waals surface area contributed by atoms with E-state index in [1.807, 2.05) is 0 Å². The first-order valence-corrected chi connectivity index (χ1v) is 13.8. The van der Waals surface area contributed by atoms with Crippen molar-refractivity contribution in [3.05, 3.63) is 28.0 Å². The topological polar surface area (TPSA) is 22.1 Å². The fraction of sp³-hybridized carbons (Fsp3) is 0.773. The van der Waals surface area contributed by atoms with Crippen LogP contribution in [-0.2, 0) is 4.43 Å². The molecule has 0 aromatic carbocycles. The van der Waals surface area contributed by atoms with Gasteiger partial charge in [-0.05, 0) is 47.7 Å². The Morgan fingerprint density at radius 3 is 1.89 bits per heavy atom. The van der Waals surface area contributed by atoms with Crippen LogP contribution in [0.1, 0.15) is 79.4 Å². The highest BCUT2D eigenvalue weighted by molar-refractivity contribution is 6.73. The zero-order valence-electron chi connectivity index (χ0n) is 18.2. The predicted octanol–water partition coefficient (Wildman–Crippen LogP) is 8.30.